The number of carbonyl (C=O) groups is 5. The fraction of sp³-hybridized carbons (Fsp3) is 0.286. The Hall–Kier alpha value is -5.24. The van der Waals surface area contributed by atoms with Crippen molar-refractivity contribution in [1.82, 2.24) is 25.9 Å². The van der Waals surface area contributed by atoms with Gasteiger partial charge in [0, 0.05) is 31.2 Å². The summed E-state index contributed by atoms with van der Waals surface area (Å²) in [5.74, 6) is -4.43. The Bertz CT molecular complexity index is 1370. The molecule has 222 valence electrons. The molecule has 3 aromatic rings. The van der Waals surface area contributed by atoms with Crippen molar-refractivity contribution in [1.29, 1.82) is 0 Å². The molecule has 1 heterocycles. The van der Waals surface area contributed by atoms with Crippen LogP contribution in [0.25, 0.3) is 0 Å². The van der Waals surface area contributed by atoms with Crippen molar-refractivity contribution in [2.24, 2.45) is 11.5 Å². The minimum Gasteiger partial charge on any atom is -0.508 e. The largest absolute Gasteiger partial charge is 0.508 e. The van der Waals surface area contributed by atoms with E-state index in [1.807, 2.05) is 0 Å². The number of primary amides is 1. The van der Waals surface area contributed by atoms with E-state index >= 15 is 0 Å². The Morgan fingerprint density at radius 2 is 1.33 bits per heavy atom. The Balaban J connectivity index is 1.81. The molecular weight excluding hydrogens is 546 g/mol. The molecule has 0 aliphatic carbocycles. The molecule has 14 nitrogen and oxygen atoms in total. The first-order valence-electron chi connectivity index (χ1n) is 13.0. The second kappa shape index (κ2) is 14.9. The van der Waals surface area contributed by atoms with Gasteiger partial charge in [-0.25, -0.2) is 9.78 Å². The van der Waals surface area contributed by atoms with Crippen LogP contribution in [0.5, 0.6) is 5.75 Å². The molecule has 0 bridgehead atoms. The smallest absolute Gasteiger partial charge is 0.326 e. The molecule has 10 N–H and O–H groups in total. The summed E-state index contributed by atoms with van der Waals surface area (Å²) >= 11 is 0. The molecule has 0 aliphatic rings. The van der Waals surface area contributed by atoms with Crippen molar-refractivity contribution in [2.75, 3.05) is 0 Å². The Kier molecular flexibility index (Phi) is 11.1. The summed E-state index contributed by atoms with van der Waals surface area (Å²) in [4.78, 5) is 69.5. The van der Waals surface area contributed by atoms with Crippen LogP contribution in [0.3, 0.4) is 0 Å². The molecule has 3 rings (SSSR count). The minimum absolute atomic E-state index is 0.00438. The first kappa shape index (κ1) is 31.3. The van der Waals surface area contributed by atoms with Gasteiger partial charge in [0.2, 0.25) is 23.6 Å². The number of nitrogens with two attached hydrogens (primary N) is 2. The van der Waals surface area contributed by atoms with E-state index in [0.717, 1.165) is 0 Å². The van der Waals surface area contributed by atoms with Crippen molar-refractivity contribution >= 4 is 29.6 Å². The van der Waals surface area contributed by atoms with Gasteiger partial charge in [0.25, 0.3) is 0 Å². The molecule has 0 radical (unpaired) electrons. The lowest BCUT2D eigenvalue weighted by molar-refractivity contribution is -0.142. The third-order valence-corrected chi connectivity index (χ3v) is 6.28. The minimum atomic E-state index is -1.35. The summed E-state index contributed by atoms with van der Waals surface area (Å²) in [6.07, 6.45) is 2.26. The van der Waals surface area contributed by atoms with Crippen molar-refractivity contribution in [3.63, 3.8) is 0 Å². The predicted molar refractivity (Wildman–Crippen MR) is 149 cm³/mol. The normalized spacial score (nSPS) is 13.6. The average Bonchev–Trinajstić information content (AvgIpc) is 3.46. The van der Waals surface area contributed by atoms with Gasteiger partial charge in [-0.05, 0) is 23.3 Å². The van der Waals surface area contributed by atoms with Gasteiger partial charge in [-0.15, -0.1) is 0 Å². The molecule has 0 spiro atoms. The number of carbonyl (C=O) groups excluding carboxylic acids is 4. The van der Waals surface area contributed by atoms with Crippen molar-refractivity contribution < 1.29 is 34.2 Å². The maximum Gasteiger partial charge on any atom is 0.326 e. The fourth-order valence-electron chi connectivity index (χ4n) is 4.09. The summed E-state index contributed by atoms with van der Waals surface area (Å²) in [6, 6.07) is 9.49. The highest BCUT2D eigenvalue weighted by atomic mass is 16.4. The number of benzene rings is 2. The molecular formula is C28H33N7O7. The second-order valence-corrected chi connectivity index (χ2v) is 9.64. The van der Waals surface area contributed by atoms with Crippen LogP contribution in [0.15, 0.2) is 67.1 Å². The highest BCUT2D eigenvalue weighted by molar-refractivity contribution is 5.95. The highest BCUT2D eigenvalue weighted by Crippen LogP contribution is 2.12. The van der Waals surface area contributed by atoms with Gasteiger partial charge in [0.15, 0.2) is 0 Å². The number of H-pyrrole nitrogens is 1. The molecule has 0 fully saturated rings. The second-order valence-electron chi connectivity index (χ2n) is 9.64. The number of phenols is 1. The van der Waals surface area contributed by atoms with Gasteiger partial charge in [-0.2, -0.15) is 0 Å². The van der Waals surface area contributed by atoms with Crippen molar-refractivity contribution in [3.05, 3.63) is 83.9 Å². The molecule has 4 amide bonds. The first-order valence-corrected chi connectivity index (χ1v) is 13.0. The van der Waals surface area contributed by atoms with Crippen LogP contribution in [-0.4, -0.2) is 73.9 Å². The van der Waals surface area contributed by atoms with E-state index in [4.69, 9.17) is 11.5 Å². The Morgan fingerprint density at radius 1 is 0.786 bits per heavy atom. The number of rotatable bonds is 15. The maximum absolute atomic E-state index is 13.5. The number of aromatic hydroxyl groups is 1. The van der Waals surface area contributed by atoms with E-state index < -0.39 is 60.2 Å². The van der Waals surface area contributed by atoms with Crippen LogP contribution in [0, 0.1) is 0 Å². The van der Waals surface area contributed by atoms with Crippen LogP contribution in [-0.2, 0) is 43.2 Å². The fourth-order valence-corrected chi connectivity index (χ4v) is 4.09. The number of nitrogens with one attached hydrogen (secondary N) is 4. The molecule has 4 atom stereocenters. The lowest BCUT2D eigenvalue weighted by Crippen LogP contribution is -2.58. The summed E-state index contributed by atoms with van der Waals surface area (Å²) in [5, 5.41) is 26.8. The average molecular weight is 580 g/mol. The zero-order valence-electron chi connectivity index (χ0n) is 22.5. The van der Waals surface area contributed by atoms with Crippen LogP contribution in [0.1, 0.15) is 23.2 Å². The third-order valence-electron chi connectivity index (χ3n) is 6.28. The van der Waals surface area contributed by atoms with Crippen LogP contribution < -0.4 is 27.4 Å². The molecule has 14 heteroatoms. The lowest BCUT2D eigenvalue weighted by Gasteiger charge is -2.25. The summed E-state index contributed by atoms with van der Waals surface area (Å²) in [6.45, 7) is 0. The van der Waals surface area contributed by atoms with Gasteiger partial charge in [0.1, 0.15) is 23.9 Å². The summed E-state index contributed by atoms with van der Waals surface area (Å²) in [7, 11) is 0. The number of hydrogen-bond donors (Lipinski definition) is 8. The first-order chi connectivity index (χ1) is 20.0. The maximum atomic E-state index is 13.5. The number of aromatic nitrogens is 2. The van der Waals surface area contributed by atoms with Gasteiger partial charge in [0.05, 0.1) is 18.8 Å². The number of nitrogens with zero attached hydrogens (tertiary/aromatic N) is 1. The lowest BCUT2D eigenvalue weighted by atomic mass is 10.0. The zero-order chi connectivity index (χ0) is 30.6. The monoisotopic (exact) mass is 579 g/mol. The van der Waals surface area contributed by atoms with E-state index in [-0.39, 0.29) is 25.0 Å². The van der Waals surface area contributed by atoms with Gasteiger partial charge < -0.3 is 42.6 Å². The van der Waals surface area contributed by atoms with Crippen LogP contribution in [0.4, 0.5) is 0 Å². The summed E-state index contributed by atoms with van der Waals surface area (Å²) < 4.78 is 0. The number of carboxylic acids is 1. The molecule has 4 unspecified atom stereocenters. The van der Waals surface area contributed by atoms with Crippen molar-refractivity contribution in [3.8, 4) is 5.75 Å². The van der Waals surface area contributed by atoms with E-state index in [2.05, 4.69) is 25.9 Å². The molecule has 2 aromatic carbocycles. The van der Waals surface area contributed by atoms with Crippen LogP contribution in [0.2, 0.25) is 0 Å². The third kappa shape index (κ3) is 9.75. The number of aromatic amines is 1. The standard InChI is InChI=1S/C28H33N7O7/c29-20(13-24(30)37)25(38)33-21(10-16-4-2-1-3-5-16)26(39)34-22(12-18-14-31-15-32-18)27(40)35-23(28(41)42)11-17-6-8-19(36)9-7-17/h1-9,14-15,20-23,36H,10-13,29H2,(H2,30,37)(H,31,32)(H,33,38)(H,34,39)(H,35,40)(H,41,42). The molecule has 42 heavy (non-hydrogen) atoms. The topological polar surface area (TPSA) is 243 Å². The number of hydrogen-bond acceptors (Lipinski definition) is 8. The molecule has 0 saturated carbocycles. The highest BCUT2D eigenvalue weighted by Gasteiger charge is 2.31. The van der Waals surface area contributed by atoms with E-state index in [1.54, 1.807) is 30.3 Å². The SMILES string of the molecule is NC(=O)CC(N)C(=O)NC(Cc1ccccc1)C(=O)NC(Cc1cnc[nH]1)C(=O)NC(Cc1ccc(O)cc1)C(=O)O. The number of imidazole rings is 1. The van der Waals surface area contributed by atoms with Crippen LogP contribution >= 0.6 is 0 Å². The summed E-state index contributed by atoms with van der Waals surface area (Å²) in [5.41, 5.74) is 12.6. The van der Waals surface area contributed by atoms with Gasteiger partial charge in [-0.1, -0.05) is 42.5 Å². The number of phenolic OH excluding ortho intramolecular Hbond substituents is 1. The van der Waals surface area contributed by atoms with Crippen molar-refractivity contribution in [2.45, 2.75) is 49.9 Å². The number of carboxylic acid groups (broad SMARTS) is 1. The zero-order valence-corrected chi connectivity index (χ0v) is 22.5. The van der Waals surface area contributed by atoms with E-state index in [1.165, 1.54) is 36.8 Å². The van der Waals surface area contributed by atoms with Gasteiger partial charge in [-0.3, -0.25) is 19.2 Å². The number of amides is 4. The quantitative estimate of drug-likeness (QED) is 0.109. The number of aliphatic carboxylic acids is 1. The molecule has 0 aliphatic heterocycles. The van der Waals surface area contributed by atoms with E-state index in [9.17, 15) is 34.2 Å². The van der Waals surface area contributed by atoms with E-state index in [0.29, 0.717) is 16.8 Å². The Morgan fingerprint density at radius 3 is 1.90 bits per heavy atom. The molecule has 0 saturated heterocycles. The Labute approximate surface area is 240 Å². The predicted octanol–water partition coefficient (Wildman–Crippen LogP) is -1.12. The molecule has 1 aromatic heterocycles. The van der Waals surface area contributed by atoms with Gasteiger partial charge >= 0.3 is 5.97 Å².